The number of hydrogen-bond acceptors (Lipinski definition) is 4. The van der Waals surface area contributed by atoms with Gasteiger partial charge in [0.05, 0.1) is 12.9 Å². The van der Waals surface area contributed by atoms with Crippen molar-refractivity contribution in [1.29, 1.82) is 0 Å². The molecular weight excluding hydrogens is 208 g/mol. The van der Waals surface area contributed by atoms with E-state index in [2.05, 4.69) is 9.97 Å². The van der Waals surface area contributed by atoms with Crippen LogP contribution in [0.5, 0.6) is 5.88 Å². The van der Waals surface area contributed by atoms with Crippen molar-refractivity contribution in [2.75, 3.05) is 20.3 Å². The second-order valence-electron chi connectivity index (χ2n) is 2.55. The number of nitrogens with zero attached hydrogens (tertiary/aromatic N) is 1. The first-order chi connectivity index (χ1) is 6.75. The first kappa shape index (κ1) is 11.0. The van der Waals surface area contributed by atoms with Crippen molar-refractivity contribution in [3.05, 3.63) is 21.7 Å². The van der Waals surface area contributed by atoms with Gasteiger partial charge in [0.2, 0.25) is 5.88 Å². The number of aromatic amines is 1. The molecule has 0 amide bonds. The fourth-order valence-electron chi connectivity index (χ4n) is 0.839. The average molecular weight is 219 g/mol. The molecule has 1 aromatic heterocycles. The summed E-state index contributed by atoms with van der Waals surface area (Å²) in [5.74, 6) is 0.159. The predicted octanol–water partition coefficient (Wildman–Crippen LogP) is 0.839. The lowest BCUT2D eigenvalue weighted by atomic mass is 10.5. The lowest BCUT2D eigenvalue weighted by Crippen LogP contribution is -2.10. The maximum atomic E-state index is 11.0. The van der Waals surface area contributed by atoms with Crippen LogP contribution in [0.1, 0.15) is 6.42 Å². The van der Waals surface area contributed by atoms with E-state index in [1.807, 2.05) is 0 Å². The number of rotatable bonds is 5. The molecule has 0 spiro atoms. The Balaban J connectivity index is 2.51. The molecule has 0 saturated carbocycles. The van der Waals surface area contributed by atoms with Gasteiger partial charge in [0.15, 0.2) is 5.02 Å². The normalized spacial score (nSPS) is 10.1. The lowest BCUT2D eigenvalue weighted by molar-refractivity contribution is 0.170. The second-order valence-corrected chi connectivity index (χ2v) is 2.92. The molecule has 0 atom stereocenters. The van der Waals surface area contributed by atoms with Gasteiger partial charge in [-0.3, -0.25) is 4.79 Å². The van der Waals surface area contributed by atoms with Crippen LogP contribution >= 0.6 is 11.6 Å². The summed E-state index contributed by atoms with van der Waals surface area (Å²) < 4.78 is 10.0. The number of H-pyrrole nitrogens is 1. The Morgan fingerprint density at radius 2 is 2.36 bits per heavy atom. The third-order valence-electron chi connectivity index (χ3n) is 1.50. The van der Waals surface area contributed by atoms with Crippen molar-refractivity contribution in [3.8, 4) is 5.88 Å². The fourth-order valence-corrected chi connectivity index (χ4v) is 0.997. The van der Waals surface area contributed by atoms with E-state index in [1.165, 1.54) is 6.33 Å². The molecule has 1 N–H and O–H groups in total. The van der Waals surface area contributed by atoms with E-state index in [-0.39, 0.29) is 10.9 Å². The second kappa shape index (κ2) is 5.62. The summed E-state index contributed by atoms with van der Waals surface area (Å²) >= 11 is 5.64. The number of nitrogens with one attached hydrogen (secondary N) is 1. The van der Waals surface area contributed by atoms with Crippen LogP contribution in [-0.2, 0) is 4.74 Å². The van der Waals surface area contributed by atoms with Gasteiger partial charge in [-0.1, -0.05) is 11.6 Å². The maximum absolute atomic E-state index is 11.0. The zero-order valence-electron chi connectivity index (χ0n) is 7.75. The molecule has 0 aromatic carbocycles. The number of halogens is 1. The van der Waals surface area contributed by atoms with E-state index in [0.717, 1.165) is 6.42 Å². The highest BCUT2D eigenvalue weighted by atomic mass is 35.5. The summed E-state index contributed by atoms with van der Waals surface area (Å²) in [6.45, 7) is 1.02. The van der Waals surface area contributed by atoms with Crippen molar-refractivity contribution in [1.82, 2.24) is 9.97 Å². The number of ether oxygens (including phenoxy) is 2. The largest absolute Gasteiger partial charge is 0.476 e. The van der Waals surface area contributed by atoms with E-state index in [9.17, 15) is 4.79 Å². The van der Waals surface area contributed by atoms with Gasteiger partial charge in [-0.2, -0.15) is 0 Å². The summed E-state index contributed by atoms with van der Waals surface area (Å²) in [5.41, 5.74) is -0.400. The Hall–Kier alpha value is -1.07. The van der Waals surface area contributed by atoms with E-state index < -0.39 is 5.56 Å². The summed E-state index contributed by atoms with van der Waals surface area (Å²) in [7, 11) is 1.61. The molecule has 6 heteroatoms. The Kier molecular flexibility index (Phi) is 4.42. The molecule has 5 nitrogen and oxygen atoms in total. The molecule has 0 fully saturated rings. The number of methoxy groups -OCH3 is 1. The first-order valence-corrected chi connectivity index (χ1v) is 4.48. The molecule has 0 aliphatic heterocycles. The molecule has 1 heterocycles. The zero-order valence-corrected chi connectivity index (χ0v) is 8.50. The van der Waals surface area contributed by atoms with Crippen molar-refractivity contribution >= 4 is 11.6 Å². The Morgan fingerprint density at radius 1 is 1.57 bits per heavy atom. The minimum atomic E-state index is -0.400. The average Bonchev–Trinajstić information content (AvgIpc) is 2.19. The number of aromatic nitrogens is 2. The fraction of sp³-hybridized carbons (Fsp3) is 0.500. The quantitative estimate of drug-likeness (QED) is 0.744. The minimum absolute atomic E-state index is 0.0232. The first-order valence-electron chi connectivity index (χ1n) is 4.10. The monoisotopic (exact) mass is 218 g/mol. The van der Waals surface area contributed by atoms with E-state index in [4.69, 9.17) is 21.1 Å². The van der Waals surface area contributed by atoms with Gasteiger partial charge >= 0.3 is 0 Å². The lowest BCUT2D eigenvalue weighted by Gasteiger charge is -2.04. The molecule has 1 rings (SSSR count). The van der Waals surface area contributed by atoms with Crippen molar-refractivity contribution in [2.24, 2.45) is 0 Å². The Morgan fingerprint density at radius 3 is 3.07 bits per heavy atom. The highest BCUT2D eigenvalue weighted by Crippen LogP contribution is 2.14. The summed E-state index contributed by atoms with van der Waals surface area (Å²) in [4.78, 5) is 17.1. The van der Waals surface area contributed by atoms with Gasteiger partial charge < -0.3 is 14.5 Å². The van der Waals surface area contributed by atoms with Crippen LogP contribution in [0.3, 0.4) is 0 Å². The van der Waals surface area contributed by atoms with Gasteiger partial charge in [-0.15, -0.1) is 0 Å². The van der Waals surface area contributed by atoms with Crippen LogP contribution in [0.25, 0.3) is 0 Å². The minimum Gasteiger partial charge on any atom is -0.476 e. The predicted molar refractivity (Wildman–Crippen MR) is 51.9 cm³/mol. The zero-order chi connectivity index (χ0) is 10.4. The van der Waals surface area contributed by atoms with Gasteiger partial charge in [0.25, 0.3) is 5.56 Å². The van der Waals surface area contributed by atoms with E-state index in [0.29, 0.717) is 13.2 Å². The Bertz CT molecular complexity index is 340. The molecule has 1 aromatic rings. The van der Waals surface area contributed by atoms with Gasteiger partial charge in [0.1, 0.15) is 0 Å². The summed E-state index contributed by atoms with van der Waals surface area (Å²) in [6.07, 6.45) is 1.97. The van der Waals surface area contributed by atoms with Crippen LogP contribution < -0.4 is 10.3 Å². The molecular formula is C8H11ClN2O3. The summed E-state index contributed by atoms with van der Waals surface area (Å²) in [6, 6.07) is 0. The SMILES string of the molecule is COCCCOc1nc[nH]c(=O)c1Cl. The molecule has 14 heavy (non-hydrogen) atoms. The van der Waals surface area contributed by atoms with Crippen molar-refractivity contribution in [3.63, 3.8) is 0 Å². The third-order valence-corrected chi connectivity index (χ3v) is 1.83. The van der Waals surface area contributed by atoms with Crippen molar-refractivity contribution < 1.29 is 9.47 Å². The molecule has 0 bridgehead atoms. The van der Waals surface area contributed by atoms with Gasteiger partial charge in [-0.25, -0.2) is 4.98 Å². The molecule has 0 aliphatic carbocycles. The molecule has 0 aliphatic rings. The van der Waals surface area contributed by atoms with E-state index >= 15 is 0 Å². The van der Waals surface area contributed by atoms with Crippen LogP contribution in [0.15, 0.2) is 11.1 Å². The molecule has 0 unspecified atom stereocenters. The van der Waals surface area contributed by atoms with Crippen LogP contribution in [0.4, 0.5) is 0 Å². The highest BCUT2D eigenvalue weighted by molar-refractivity contribution is 6.31. The Labute approximate surface area is 86.0 Å². The third kappa shape index (κ3) is 3.01. The van der Waals surface area contributed by atoms with Crippen LogP contribution in [-0.4, -0.2) is 30.3 Å². The topological polar surface area (TPSA) is 64.2 Å². The molecule has 0 saturated heterocycles. The molecule has 78 valence electrons. The highest BCUT2D eigenvalue weighted by Gasteiger charge is 2.05. The van der Waals surface area contributed by atoms with Crippen LogP contribution in [0, 0.1) is 0 Å². The van der Waals surface area contributed by atoms with Crippen molar-refractivity contribution in [2.45, 2.75) is 6.42 Å². The van der Waals surface area contributed by atoms with E-state index in [1.54, 1.807) is 7.11 Å². The number of hydrogen-bond donors (Lipinski definition) is 1. The van der Waals surface area contributed by atoms with Gasteiger partial charge in [0, 0.05) is 20.1 Å². The molecule has 0 radical (unpaired) electrons. The van der Waals surface area contributed by atoms with Crippen LogP contribution in [0.2, 0.25) is 5.02 Å². The van der Waals surface area contributed by atoms with Gasteiger partial charge in [-0.05, 0) is 0 Å². The maximum Gasteiger partial charge on any atom is 0.273 e. The smallest absolute Gasteiger partial charge is 0.273 e. The standard InChI is InChI=1S/C8H11ClN2O3/c1-13-3-2-4-14-8-6(9)7(12)10-5-11-8/h5H,2-4H2,1H3,(H,10,11,12). The summed E-state index contributed by atoms with van der Waals surface area (Å²) in [5, 5.41) is -0.0232.